The molecule has 39 heavy (non-hydrogen) atoms. The van der Waals surface area contributed by atoms with E-state index in [0.29, 0.717) is 31.6 Å². The molecule has 1 atom stereocenters. The zero-order valence-electron chi connectivity index (χ0n) is 19.9. The third-order valence-corrected chi connectivity index (χ3v) is 5.57. The topological polar surface area (TPSA) is 170 Å². The number of carbonyl (C=O) groups is 1. The van der Waals surface area contributed by atoms with Gasteiger partial charge in [-0.15, -0.1) is 17.4 Å². The molecule has 1 saturated carbocycles. The summed E-state index contributed by atoms with van der Waals surface area (Å²) < 4.78 is 64.1. The minimum absolute atomic E-state index is 0.0952. The van der Waals surface area contributed by atoms with Crippen molar-refractivity contribution in [2.75, 3.05) is 6.54 Å². The molecule has 2 heterocycles. The molecule has 13 nitrogen and oxygen atoms in total. The van der Waals surface area contributed by atoms with E-state index in [2.05, 4.69) is 41.7 Å². The number of hydrogen-bond donors (Lipinski definition) is 2. The predicted octanol–water partition coefficient (Wildman–Crippen LogP) is 3.80. The monoisotopic (exact) mass is 560 g/mol. The summed E-state index contributed by atoms with van der Waals surface area (Å²) in [4.78, 5) is 19.6. The van der Waals surface area contributed by atoms with Crippen molar-refractivity contribution >= 4 is 11.7 Å². The highest BCUT2D eigenvalue weighted by Crippen LogP contribution is 2.40. The number of benzene rings is 1. The van der Waals surface area contributed by atoms with Gasteiger partial charge in [0.05, 0.1) is 17.0 Å². The average Bonchev–Trinajstić information content (AvgIpc) is 3.79. The number of aromatic nitrogens is 4. The van der Waals surface area contributed by atoms with E-state index in [9.17, 15) is 32.1 Å². The van der Waals surface area contributed by atoms with E-state index in [0.717, 1.165) is 25.0 Å². The van der Waals surface area contributed by atoms with E-state index in [1.54, 1.807) is 4.68 Å². The number of nitro groups is 1. The number of rotatable bonds is 12. The molecule has 1 aliphatic heterocycles. The third-order valence-electron chi connectivity index (χ3n) is 5.57. The third kappa shape index (κ3) is 8.10. The minimum atomic E-state index is -5.08. The van der Waals surface area contributed by atoms with Crippen LogP contribution in [-0.4, -0.2) is 61.2 Å². The number of halogens is 5. The molecular formula is C21H21F5N8O5. The highest BCUT2D eigenvalue weighted by molar-refractivity contribution is 5.73. The lowest BCUT2D eigenvalue weighted by atomic mass is 10.0. The standard InChI is InChI=1S/C19H20F2N8O3.C2HF3O2/c1-2-3-8-19(24-25-19)9-10-22-16(17-23-26-27-28(17)12-4-5-12)14-11-13(29(30)31)6-7-15(14)32-18(20)21;3-2(4,5)1(6)7/h1,6-7,11-12,16,18,22H,3-5,8-10H2;(H,6,7). The fraction of sp³-hybridized carbons (Fsp3) is 0.524. The van der Waals surface area contributed by atoms with Gasteiger partial charge in [0.25, 0.3) is 5.69 Å². The van der Waals surface area contributed by atoms with Crippen molar-refractivity contribution in [2.45, 2.75) is 62.6 Å². The van der Waals surface area contributed by atoms with Gasteiger partial charge < -0.3 is 15.2 Å². The second-order valence-electron chi connectivity index (χ2n) is 8.40. The molecule has 1 unspecified atom stereocenters. The minimum Gasteiger partial charge on any atom is -0.475 e. The molecule has 0 bridgehead atoms. The Morgan fingerprint density at radius 1 is 1.33 bits per heavy atom. The Bertz CT molecular complexity index is 1250. The Balaban J connectivity index is 0.000000532. The second-order valence-corrected chi connectivity index (χ2v) is 8.40. The van der Waals surface area contributed by atoms with Crippen molar-refractivity contribution in [3.05, 3.63) is 39.7 Å². The number of alkyl halides is 5. The molecule has 2 aliphatic rings. The van der Waals surface area contributed by atoms with Gasteiger partial charge in [0.15, 0.2) is 11.5 Å². The number of nitro benzene ring substituents is 1. The molecule has 210 valence electrons. The van der Waals surface area contributed by atoms with E-state index in [-0.39, 0.29) is 23.0 Å². The maximum Gasteiger partial charge on any atom is 0.490 e. The summed E-state index contributed by atoms with van der Waals surface area (Å²) in [6.07, 6.45) is 3.64. The first-order valence-electron chi connectivity index (χ1n) is 11.3. The summed E-state index contributed by atoms with van der Waals surface area (Å²) in [6.45, 7) is -2.75. The Labute approximate surface area is 216 Å². The summed E-state index contributed by atoms with van der Waals surface area (Å²) in [6, 6.07) is 2.72. The highest BCUT2D eigenvalue weighted by atomic mass is 19.4. The largest absolute Gasteiger partial charge is 0.490 e. The number of carboxylic acids is 1. The molecule has 0 saturated heterocycles. The van der Waals surface area contributed by atoms with Crippen molar-refractivity contribution in [1.82, 2.24) is 25.5 Å². The Hall–Kier alpha value is -4.27. The first-order valence-corrected chi connectivity index (χ1v) is 11.3. The number of carboxylic acid groups (broad SMARTS) is 1. The van der Waals surface area contributed by atoms with Crippen LogP contribution >= 0.6 is 0 Å². The Kier molecular flexibility index (Phi) is 9.06. The fourth-order valence-corrected chi connectivity index (χ4v) is 3.47. The lowest BCUT2D eigenvalue weighted by Crippen LogP contribution is -2.30. The van der Waals surface area contributed by atoms with Crippen LogP contribution in [0.1, 0.15) is 55.6 Å². The molecule has 2 N–H and O–H groups in total. The van der Waals surface area contributed by atoms with Crippen molar-refractivity contribution in [3.8, 4) is 18.1 Å². The number of terminal acetylenes is 1. The first kappa shape index (κ1) is 29.3. The number of ether oxygens (including phenoxy) is 1. The molecule has 0 amide bonds. The number of tetrazole rings is 1. The van der Waals surface area contributed by atoms with E-state index in [1.165, 1.54) is 6.07 Å². The summed E-state index contributed by atoms with van der Waals surface area (Å²) in [5.74, 6) is -0.0400. The molecule has 0 spiro atoms. The van der Waals surface area contributed by atoms with E-state index >= 15 is 0 Å². The van der Waals surface area contributed by atoms with Crippen LogP contribution in [0.5, 0.6) is 5.75 Å². The van der Waals surface area contributed by atoms with Gasteiger partial charge in [0.2, 0.25) is 0 Å². The molecule has 0 radical (unpaired) electrons. The summed E-state index contributed by atoms with van der Waals surface area (Å²) in [5.41, 5.74) is -0.688. The number of nitrogens with zero attached hydrogens (tertiary/aromatic N) is 7. The Morgan fingerprint density at radius 3 is 2.51 bits per heavy atom. The molecular weight excluding hydrogens is 539 g/mol. The maximum atomic E-state index is 13.1. The van der Waals surface area contributed by atoms with E-state index < -0.39 is 35.4 Å². The van der Waals surface area contributed by atoms with Crippen LogP contribution in [0.4, 0.5) is 27.6 Å². The molecule has 18 heteroatoms. The fourth-order valence-electron chi connectivity index (χ4n) is 3.47. The van der Waals surface area contributed by atoms with E-state index in [4.69, 9.17) is 16.3 Å². The quantitative estimate of drug-likeness (QED) is 0.170. The van der Waals surface area contributed by atoms with Gasteiger partial charge in [-0.3, -0.25) is 10.1 Å². The van der Waals surface area contributed by atoms with Gasteiger partial charge in [-0.2, -0.15) is 32.2 Å². The molecule has 1 aliphatic carbocycles. The predicted molar refractivity (Wildman–Crippen MR) is 120 cm³/mol. The van der Waals surface area contributed by atoms with Gasteiger partial charge in [-0.25, -0.2) is 9.48 Å². The van der Waals surface area contributed by atoms with Crippen LogP contribution < -0.4 is 10.1 Å². The lowest BCUT2D eigenvalue weighted by molar-refractivity contribution is -0.385. The molecule has 1 aromatic heterocycles. The molecule has 4 rings (SSSR count). The van der Waals surface area contributed by atoms with Crippen molar-refractivity contribution in [1.29, 1.82) is 0 Å². The average molecular weight is 560 g/mol. The normalized spacial score (nSPS) is 16.1. The lowest BCUT2D eigenvalue weighted by Gasteiger charge is -2.22. The molecule has 1 fully saturated rings. The first-order chi connectivity index (χ1) is 18.4. The van der Waals surface area contributed by atoms with Crippen LogP contribution in [0, 0.1) is 22.5 Å². The summed E-state index contributed by atoms with van der Waals surface area (Å²) in [5, 5.41) is 41.7. The van der Waals surface area contributed by atoms with Crippen molar-refractivity contribution < 1.29 is 41.5 Å². The zero-order chi connectivity index (χ0) is 28.8. The van der Waals surface area contributed by atoms with Crippen LogP contribution in [0.2, 0.25) is 0 Å². The van der Waals surface area contributed by atoms with E-state index in [1.807, 2.05) is 0 Å². The van der Waals surface area contributed by atoms with Crippen molar-refractivity contribution in [2.24, 2.45) is 10.2 Å². The van der Waals surface area contributed by atoms with Crippen LogP contribution in [0.15, 0.2) is 28.4 Å². The maximum absolute atomic E-state index is 13.1. The zero-order valence-corrected chi connectivity index (χ0v) is 19.9. The van der Waals surface area contributed by atoms with Gasteiger partial charge in [0.1, 0.15) is 5.75 Å². The highest BCUT2D eigenvalue weighted by Gasteiger charge is 2.40. The molecule has 2 aromatic rings. The summed E-state index contributed by atoms with van der Waals surface area (Å²) >= 11 is 0. The van der Waals surface area contributed by atoms with Gasteiger partial charge in [-0.05, 0) is 29.3 Å². The Morgan fingerprint density at radius 2 is 2.00 bits per heavy atom. The van der Waals surface area contributed by atoms with Crippen LogP contribution in [0.25, 0.3) is 0 Å². The smallest absolute Gasteiger partial charge is 0.475 e. The SMILES string of the molecule is C#CCCC1(CCNC(c2cc([N+](=O)[O-])ccc2OC(F)F)c2nnnn2C2CC2)N=N1.O=C(O)C(F)(F)F. The van der Waals surface area contributed by atoms with Crippen LogP contribution in [-0.2, 0) is 4.79 Å². The van der Waals surface area contributed by atoms with Gasteiger partial charge in [-0.1, -0.05) is 0 Å². The summed E-state index contributed by atoms with van der Waals surface area (Å²) in [7, 11) is 0. The number of hydrogen-bond acceptors (Lipinski definition) is 10. The number of nitrogens with one attached hydrogen (secondary N) is 1. The van der Waals surface area contributed by atoms with Gasteiger partial charge >= 0.3 is 18.8 Å². The van der Waals surface area contributed by atoms with Crippen LogP contribution in [0.3, 0.4) is 0 Å². The van der Waals surface area contributed by atoms with Gasteiger partial charge in [0, 0.05) is 43.5 Å². The number of aliphatic carboxylic acids is 1. The van der Waals surface area contributed by atoms with Crippen molar-refractivity contribution in [3.63, 3.8) is 0 Å². The molecule has 1 aromatic carbocycles. The second kappa shape index (κ2) is 12.1. The number of non-ortho nitro benzene ring substituents is 1.